The minimum absolute atomic E-state index is 0.0828. The summed E-state index contributed by atoms with van der Waals surface area (Å²) in [5.74, 6) is 1.86. The van der Waals surface area contributed by atoms with Crippen LogP contribution in [0.4, 0.5) is 0 Å². The van der Waals surface area contributed by atoms with Gasteiger partial charge in [-0.3, -0.25) is 4.79 Å². The van der Waals surface area contributed by atoms with Crippen LogP contribution in [-0.4, -0.2) is 32.1 Å². The minimum atomic E-state index is -0.0828. The summed E-state index contributed by atoms with van der Waals surface area (Å²) in [6.45, 7) is 0. The molecule has 0 aliphatic heterocycles. The first-order valence-electron chi connectivity index (χ1n) is 8.79. The van der Waals surface area contributed by atoms with Crippen molar-refractivity contribution in [2.24, 2.45) is 0 Å². The fourth-order valence-corrected chi connectivity index (χ4v) is 3.27. The van der Waals surface area contributed by atoms with Crippen molar-refractivity contribution in [2.45, 2.75) is 0 Å². The Labute approximate surface area is 162 Å². The molecular formula is C23H19NO4. The van der Waals surface area contributed by atoms with Crippen LogP contribution in [0.1, 0.15) is 15.9 Å². The molecule has 0 radical (unpaired) electrons. The van der Waals surface area contributed by atoms with E-state index < -0.39 is 0 Å². The van der Waals surface area contributed by atoms with Gasteiger partial charge in [-0.2, -0.15) is 0 Å². The molecular weight excluding hydrogens is 354 g/mol. The highest BCUT2D eigenvalue weighted by atomic mass is 16.5. The van der Waals surface area contributed by atoms with Gasteiger partial charge < -0.3 is 14.2 Å². The fraction of sp³-hybridized carbons (Fsp3) is 0.130. The van der Waals surface area contributed by atoms with E-state index in [1.807, 2.05) is 30.3 Å². The van der Waals surface area contributed by atoms with Gasteiger partial charge >= 0.3 is 0 Å². The number of carbonyl (C=O) groups excluding carboxylic acids is 1. The number of para-hydroxylation sites is 1. The van der Waals surface area contributed by atoms with Gasteiger partial charge in [0.05, 0.1) is 32.4 Å². The number of rotatable bonds is 5. The van der Waals surface area contributed by atoms with Crippen LogP contribution < -0.4 is 14.2 Å². The van der Waals surface area contributed by atoms with E-state index in [1.54, 1.807) is 51.7 Å². The topological polar surface area (TPSA) is 57.7 Å². The Morgan fingerprint density at radius 3 is 2.18 bits per heavy atom. The Morgan fingerprint density at radius 2 is 1.50 bits per heavy atom. The Balaban J connectivity index is 1.88. The molecule has 5 nitrogen and oxygen atoms in total. The van der Waals surface area contributed by atoms with Crippen LogP contribution in [0.5, 0.6) is 17.2 Å². The number of hydrogen-bond acceptors (Lipinski definition) is 5. The molecule has 0 saturated heterocycles. The van der Waals surface area contributed by atoms with Crippen molar-refractivity contribution in [1.29, 1.82) is 0 Å². The second-order valence-corrected chi connectivity index (χ2v) is 6.32. The van der Waals surface area contributed by atoms with Crippen molar-refractivity contribution < 1.29 is 19.0 Å². The van der Waals surface area contributed by atoms with Gasteiger partial charge in [0.25, 0.3) is 0 Å². The maximum Gasteiger partial charge on any atom is 0.195 e. The molecule has 0 fully saturated rings. The van der Waals surface area contributed by atoms with Crippen molar-refractivity contribution in [3.8, 4) is 17.2 Å². The predicted octanol–water partition coefficient (Wildman–Crippen LogP) is 4.64. The molecule has 0 amide bonds. The third-order valence-corrected chi connectivity index (χ3v) is 4.74. The van der Waals surface area contributed by atoms with Crippen LogP contribution >= 0.6 is 0 Å². The molecule has 0 unspecified atom stereocenters. The maximum absolute atomic E-state index is 13.1. The summed E-state index contributed by atoms with van der Waals surface area (Å²) in [5, 5.41) is 1.80. The summed E-state index contributed by atoms with van der Waals surface area (Å²) >= 11 is 0. The van der Waals surface area contributed by atoms with E-state index in [0.29, 0.717) is 33.9 Å². The van der Waals surface area contributed by atoms with Crippen LogP contribution in [0, 0.1) is 0 Å². The Bertz CT molecular complexity index is 1180. The van der Waals surface area contributed by atoms with Crippen LogP contribution in [0.15, 0.2) is 60.7 Å². The molecule has 1 heterocycles. The Morgan fingerprint density at radius 1 is 0.786 bits per heavy atom. The van der Waals surface area contributed by atoms with Gasteiger partial charge in [0, 0.05) is 28.0 Å². The van der Waals surface area contributed by atoms with E-state index >= 15 is 0 Å². The molecule has 0 bridgehead atoms. The summed E-state index contributed by atoms with van der Waals surface area (Å²) in [4.78, 5) is 17.9. The molecule has 0 N–H and O–H groups in total. The van der Waals surface area contributed by atoms with Crippen LogP contribution in [0.25, 0.3) is 21.8 Å². The lowest BCUT2D eigenvalue weighted by atomic mass is 9.99. The molecule has 0 saturated carbocycles. The largest absolute Gasteiger partial charge is 0.497 e. The zero-order valence-electron chi connectivity index (χ0n) is 15.9. The zero-order valence-corrected chi connectivity index (χ0v) is 15.9. The van der Waals surface area contributed by atoms with Gasteiger partial charge in [-0.05, 0) is 42.5 Å². The van der Waals surface area contributed by atoms with E-state index in [4.69, 9.17) is 19.2 Å². The van der Waals surface area contributed by atoms with E-state index in [2.05, 4.69) is 0 Å². The highest BCUT2D eigenvalue weighted by Gasteiger charge is 2.15. The highest BCUT2D eigenvalue weighted by Crippen LogP contribution is 2.33. The first kappa shape index (κ1) is 17.8. The van der Waals surface area contributed by atoms with Gasteiger partial charge in [-0.1, -0.05) is 12.1 Å². The van der Waals surface area contributed by atoms with E-state index in [-0.39, 0.29) is 5.78 Å². The second kappa shape index (κ2) is 7.19. The molecule has 0 spiro atoms. The first-order valence-corrected chi connectivity index (χ1v) is 8.79. The fourth-order valence-electron chi connectivity index (χ4n) is 3.27. The monoisotopic (exact) mass is 373 g/mol. The van der Waals surface area contributed by atoms with Gasteiger partial charge in [0.15, 0.2) is 17.3 Å². The number of ketones is 1. The van der Waals surface area contributed by atoms with Gasteiger partial charge in [-0.25, -0.2) is 4.98 Å². The van der Waals surface area contributed by atoms with E-state index in [0.717, 1.165) is 16.3 Å². The van der Waals surface area contributed by atoms with Crippen LogP contribution in [0.2, 0.25) is 0 Å². The molecule has 4 rings (SSSR count). The summed E-state index contributed by atoms with van der Waals surface area (Å²) in [6, 6.07) is 18.4. The van der Waals surface area contributed by atoms with Crippen molar-refractivity contribution in [3.63, 3.8) is 0 Å². The molecule has 28 heavy (non-hydrogen) atoms. The summed E-state index contributed by atoms with van der Waals surface area (Å²) in [7, 11) is 4.78. The lowest BCUT2D eigenvalue weighted by Gasteiger charge is -2.11. The van der Waals surface area contributed by atoms with Gasteiger partial charge in [0.2, 0.25) is 0 Å². The van der Waals surface area contributed by atoms with Crippen LogP contribution in [-0.2, 0) is 0 Å². The zero-order chi connectivity index (χ0) is 19.7. The summed E-state index contributed by atoms with van der Waals surface area (Å²) in [6.07, 6.45) is 0. The quantitative estimate of drug-likeness (QED) is 0.377. The molecule has 0 aliphatic rings. The Hall–Kier alpha value is -3.60. The van der Waals surface area contributed by atoms with Crippen molar-refractivity contribution in [1.82, 2.24) is 4.98 Å². The molecule has 4 aromatic rings. The normalized spacial score (nSPS) is 10.8. The summed E-state index contributed by atoms with van der Waals surface area (Å²) < 4.78 is 15.9. The molecule has 140 valence electrons. The number of benzene rings is 3. The van der Waals surface area contributed by atoms with Gasteiger partial charge in [0.1, 0.15) is 5.75 Å². The molecule has 0 aliphatic carbocycles. The second-order valence-electron chi connectivity index (χ2n) is 6.32. The molecule has 1 aromatic heterocycles. The average Bonchev–Trinajstić information content (AvgIpc) is 2.75. The van der Waals surface area contributed by atoms with Crippen molar-refractivity contribution in [3.05, 3.63) is 71.8 Å². The number of pyridine rings is 1. The number of nitrogens with zero attached hydrogens (tertiary/aromatic N) is 1. The lowest BCUT2D eigenvalue weighted by molar-refractivity contribution is 0.104. The number of carbonyl (C=O) groups is 1. The lowest BCUT2D eigenvalue weighted by Crippen LogP contribution is -2.03. The molecule has 0 atom stereocenters. The predicted molar refractivity (Wildman–Crippen MR) is 109 cm³/mol. The SMILES string of the molecule is COc1ccc(C(=O)c2cccc3cc4cc(OC)c(OC)cc4nc23)cc1. The smallest absolute Gasteiger partial charge is 0.195 e. The Kier molecular flexibility index (Phi) is 4.57. The minimum Gasteiger partial charge on any atom is -0.497 e. The van der Waals surface area contributed by atoms with Crippen molar-refractivity contribution in [2.75, 3.05) is 21.3 Å². The number of methoxy groups -OCH3 is 3. The molecule has 3 aromatic carbocycles. The third-order valence-electron chi connectivity index (χ3n) is 4.74. The number of aromatic nitrogens is 1. The van der Waals surface area contributed by atoms with Crippen molar-refractivity contribution >= 4 is 27.6 Å². The number of ether oxygens (including phenoxy) is 3. The number of hydrogen-bond donors (Lipinski definition) is 0. The summed E-state index contributed by atoms with van der Waals surface area (Å²) in [5.41, 5.74) is 2.53. The standard InChI is InChI=1S/C23H19NO4/c1-26-17-9-7-14(8-10-17)23(25)18-6-4-5-15-11-16-12-20(27-2)21(28-3)13-19(16)24-22(15)18/h4-13H,1-3H3. The number of fused-ring (bicyclic) bond motifs is 2. The maximum atomic E-state index is 13.1. The van der Waals surface area contributed by atoms with E-state index in [1.165, 1.54) is 0 Å². The van der Waals surface area contributed by atoms with Gasteiger partial charge in [-0.15, -0.1) is 0 Å². The third kappa shape index (κ3) is 3.01. The average molecular weight is 373 g/mol. The highest BCUT2D eigenvalue weighted by molar-refractivity contribution is 6.16. The van der Waals surface area contributed by atoms with Crippen LogP contribution in [0.3, 0.4) is 0 Å². The molecule has 5 heteroatoms. The first-order chi connectivity index (χ1) is 13.6. The van der Waals surface area contributed by atoms with E-state index in [9.17, 15) is 4.79 Å².